The molecule has 1 nitrogen and oxygen atoms in total. The Kier molecular flexibility index (Phi) is 5.56. The van der Waals surface area contributed by atoms with E-state index in [1.165, 1.54) is 24.8 Å². The second kappa shape index (κ2) is 6.97. The van der Waals surface area contributed by atoms with Crippen molar-refractivity contribution in [2.45, 2.75) is 45.6 Å². The van der Waals surface area contributed by atoms with E-state index in [4.69, 9.17) is 23.2 Å². The maximum absolute atomic E-state index is 6.40. The average molecular weight is 300 g/mol. The molecule has 0 saturated heterocycles. The quantitative estimate of drug-likeness (QED) is 0.760. The van der Waals surface area contributed by atoms with E-state index >= 15 is 0 Å². The standard InChI is InChI=1S/C16H23Cl2N/c1-3-9-19-16(13-6-4-5-11(13)2)14-10-12(17)7-8-15(14)18/h7-8,10-11,13,16,19H,3-6,9H2,1-2H3. The van der Waals surface area contributed by atoms with E-state index in [9.17, 15) is 0 Å². The van der Waals surface area contributed by atoms with Crippen molar-refractivity contribution in [2.24, 2.45) is 11.8 Å². The molecule has 2 rings (SSSR count). The molecule has 3 atom stereocenters. The first-order valence-electron chi connectivity index (χ1n) is 7.31. The zero-order valence-electron chi connectivity index (χ0n) is 11.8. The first-order valence-corrected chi connectivity index (χ1v) is 8.07. The van der Waals surface area contributed by atoms with Crippen LogP contribution >= 0.6 is 23.2 Å². The van der Waals surface area contributed by atoms with Gasteiger partial charge in [0.25, 0.3) is 0 Å². The molecule has 106 valence electrons. The van der Waals surface area contributed by atoms with E-state index < -0.39 is 0 Å². The first-order chi connectivity index (χ1) is 9.13. The summed E-state index contributed by atoms with van der Waals surface area (Å²) >= 11 is 12.5. The Morgan fingerprint density at radius 2 is 2.11 bits per heavy atom. The molecule has 0 heterocycles. The minimum Gasteiger partial charge on any atom is -0.310 e. The minimum atomic E-state index is 0.337. The van der Waals surface area contributed by atoms with Crippen molar-refractivity contribution < 1.29 is 0 Å². The van der Waals surface area contributed by atoms with Gasteiger partial charge in [0.05, 0.1) is 0 Å². The number of halogens is 2. The summed E-state index contributed by atoms with van der Waals surface area (Å²) in [5.74, 6) is 1.42. The Labute approximate surface area is 126 Å². The third kappa shape index (κ3) is 3.65. The summed E-state index contributed by atoms with van der Waals surface area (Å²) in [4.78, 5) is 0. The van der Waals surface area contributed by atoms with Gasteiger partial charge in [-0.15, -0.1) is 0 Å². The predicted octanol–water partition coefficient (Wildman–Crippen LogP) is 5.47. The number of hydrogen-bond acceptors (Lipinski definition) is 1. The third-order valence-electron chi connectivity index (χ3n) is 4.26. The lowest BCUT2D eigenvalue weighted by atomic mass is 9.85. The van der Waals surface area contributed by atoms with Gasteiger partial charge < -0.3 is 5.32 Å². The zero-order chi connectivity index (χ0) is 13.8. The molecular formula is C16H23Cl2N. The van der Waals surface area contributed by atoms with Gasteiger partial charge in [0.2, 0.25) is 0 Å². The van der Waals surface area contributed by atoms with Gasteiger partial charge >= 0.3 is 0 Å². The molecule has 0 aliphatic heterocycles. The monoisotopic (exact) mass is 299 g/mol. The zero-order valence-corrected chi connectivity index (χ0v) is 13.3. The Morgan fingerprint density at radius 3 is 2.74 bits per heavy atom. The predicted molar refractivity (Wildman–Crippen MR) is 84.0 cm³/mol. The smallest absolute Gasteiger partial charge is 0.0454 e. The van der Waals surface area contributed by atoms with Crippen LogP contribution in [-0.4, -0.2) is 6.54 Å². The molecule has 0 radical (unpaired) electrons. The van der Waals surface area contributed by atoms with Gasteiger partial charge in [-0.2, -0.15) is 0 Å². The van der Waals surface area contributed by atoms with Crippen molar-refractivity contribution >= 4 is 23.2 Å². The van der Waals surface area contributed by atoms with Crippen LogP contribution in [0.3, 0.4) is 0 Å². The van der Waals surface area contributed by atoms with Crippen molar-refractivity contribution in [2.75, 3.05) is 6.54 Å². The molecule has 1 fully saturated rings. The van der Waals surface area contributed by atoms with Crippen LogP contribution in [0.4, 0.5) is 0 Å². The summed E-state index contributed by atoms with van der Waals surface area (Å²) in [5, 5.41) is 5.29. The van der Waals surface area contributed by atoms with Crippen molar-refractivity contribution in [1.29, 1.82) is 0 Å². The molecule has 1 aliphatic carbocycles. The number of rotatable bonds is 5. The Morgan fingerprint density at radius 1 is 1.32 bits per heavy atom. The van der Waals surface area contributed by atoms with Gasteiger partial charge in [-0.25, -0.2) is 0 Å². The van der Waals surface area contributed by atoms with Crippen LogP contribution in [0, 0.1) is 11.8 Å². The molecule has 1 aliphatic rings. The number of nitrogens with one attached hydrogen (secondary N) is 1. The van der Waals surface area contributed by atoms with Gasteiger partial charge in [-0.05, 0) is 55.0 Å². The molecule has 1 saturated carbocycles. The lowest BCUT2D eigenvalue weighted by Gasteiger charge is -2.29. The molecule has 0 bridgehead atoms. The van der Waals surface area contributed by atoms with Gasteiger partial charge in [0.15, 0.2) is 0 Å². The molecule has 1 aromatic carbocycles. The van der Waals surface area contributed by atoms with Gasteiger partial charge in [0, 0.05) is 16.1 Å². The largest absolute Gasteiger partial charge is 0.310 e. The molecular weight excluding hydrogens is 277 g/mol. The maximum Gasteiger partial charge on any atom is 0.0454 e. The fourth-order valence-corrected chi connectivity index (χ4v) is 3.63. The summed E-state index contributed by atoms with van der Waals surface area (Å²) in [6.45, 7) is 5.58. The summed E-state index contributed by atoms with van der Waals surface area (Å²) in [5.41, 5.74) is 1.17. The fraction of sp³-hybridized carbons (Fsp3) is 0.625. The third-order valence-corrected chi connectivity index (χ3v) is 4.84. The molecule has 3 unspecified atom stereocenters. The maximum atomic E-state index is 6.40. The van der Waals surface area contributed by atoms with E-state index in [1.54, 1.807) is 0 Å². The normalized spacial score (nSPS) is 24.6. The van der Waals surface area contributed by atoms with E-state index in [0.29, 0.717) is 12.0 Å². The summed E-state index contributed by atoms with van der Waals surface area (Å²) in [6, 6.07) is 6.15. The second-order valence-electron chi connectivity index (χ2n) is 5.67. The van der Waals surface area contributed by atoms with Gasteiger partial charge in [0.1, 0.15) is 0 Å². The van der Waals surface area contributed by atoms with Crippen LogP contribution in [0.15, 0.2) is 18.2 Å². The Hall–Kier alpha value is -0.240. The summed E-state index contributed by atoms with van der Waals surface area (Å²) in [6.07, 6.45) is 5.07. The molecule has 1 aromatic rings. The second-order valence-corrected chi connectivity index (χ2v) is 6.51. The summed E-state index contributed by atoms with van der Waals surface area (Å²) < 4.78 is 0. The van der Waals surface area contributed by atoms with E-state index in [1.807, 2.05) is 18.2 Å². The SMILES string of the molecule is CCCNC(c1cc(Cl)ccc1Cl)C1CCCC1C. The van der Waals surface area contributed by atoms with Crippen molar-refractivity contribution in [3.05, 3.63) is 33.8 Å². The van der Waals surface area contributed by atoms with Crippen LogP contribution in [0.25, 0.3) is 0 Å². The first kappa shape index (κ1) is 15.2. The fourth-order valence-electron chi connectivity index (χ4n) is 3.21. The van der Waals surface area contributed by atoms with Gasteiger partial charge in [-0.3, -0.25) is 0 Å². The average Bonchev–Trinajstić information content (AvgIpc) is 2.80. The van der Waals surface area contributed by atoms with Crippen LogP contribution in [0.5, 0.6) is 0 Å². The van der Waals surface area contributed by atoms with Crippen molar-refractivity contribution in [3.63, 3.8) is 0 Å². The van der Waals surface area contributed by atoms with Crippen molar-refractivity contribution in [1.82, 2.24) is 5.32 Å². The number of benzene rings is 1. The van der Waals surface area contributed by atoms with Crippen LogP contribution in [0.2, 0.25) is 10.0 Å². The van der Waals surface area contributed by atoms with E-state index in [2.05, 4.69) is 19.2 Å². The lowest BCUT2D eigenvalue weighted by molar-refractivity contribution is 0.302. The highest BCUT2D eigenvalue weighted by atomic mass is 35.5. The molecule has 0 amide bonds. The highest BCUT2D eigenvalue weighted by Gasteiger charge is 2.32. The van der Waals surface area contributed by atoms with Crippen molar-refractivity contribution in [3.8, 4) is 0 Å². The van der Waals surface area contributed by atoms with Gasteiger partial charge in [-0.1, -0.05) is 49.9 Å². The Bertz CT molecular complexity index is 419. The minimum absolute atomic E-state index is 0.337. The van der Waals surface area contributed by atoms with Crippen LogP contribution in [-0.2, 0) is 0 Å². The molecule has 1 N–H and O–H groups in total. The highest BCUT2D eigenvalue weighted by Crippen LogP contribution is 2.42. The molecule has 19 heavy (non-hydrogen) atoms. The lowest BCUT2D eigenvalue weighted by Crippen LogP contribution is -2.30. The molecule has 3 heteroatoms. The Balaban J connectivity index is 2.28. The molecule has 0 aromatic heterocycles. The summed E-state index contributed by atoms with van der Waals surface area (Å²) in [7, 11) is 0. The van der Waals surface area contributed by atoms with E-state index in [-0.39, 0.29) is 0 Å². The number of hydrogen-bond donors (Lipinski definition) is 1. The molecule has 0 spiro atoms. The van der Waals surface area contributed by atoms with Crippen LogP contribution in [0.1, 0.15) is 51.1 Å². The van der Waals surface area contributed by atoms with E-state index in [0.717, 1.165) is 28.9 Å². The highest BCUT2D eigenvalue weighted by molar-refractivity contribution is 6.33. The van der Waals surface area contributed by atoms with Crippen LogP contribution < -0.4 is 5.32 Å². The topological polar surface area (TPSA) is 12.0 Å².